The molecule has 5 heteroatoms. The highest BCUT2D eigenvalue weighted by Crippen LogP contribution is 2.57. The van der Waals surface area contributed by atoms with Crippen LogP contribution in [0.15, 0.2) is 30.4 Å². The fourth-order valence-corrected chi connectivity index (χ4v) is 7.54. The van der Waals surface area contributed by atoms with Crippen molar-refractivity contribution < 1.29 is 9.47 Å². The Hall–Kier alpha value is -0.780. The lowest BCUT2D eigenvalue weighted by Crippen LogP contribution is -2.46. The van der Waals surface area contributed by atoms with E-state index in [2.05, 4.69) is 65.8 Å². The molecule has 1 aliphatic carbocycles. The minimum absolute atomic E-state index is 0.100. The van der Waals surface area contributed by atoms with Crippen LogP contribution < -0.4 is 9.47 Å². The zero-order valence-corrected chi connectivity index (χ0v) is 16.2. The highest BCUT2D eigenvalue weighted by molar-refractivity contribution is 8.21. The molecule has 0 radical (unpaired) electrons. The van der Waals surface area contributed by atoms with Crippen molar-refractivity contribution in [1.29, 1.82) is 0 Å². The SMILES string of the molecule is COc1ccc([C@]23C=CC4(C[C@H]2N(C)CC3)SCCS4)cc1OC. The van der Waals surface area contributed by atoms with Crippen LogP contribution in [-0.2, 0) is 5.41 Å². The Kier molecular flexibility index (Phi) is 4.30. The number of fused-ring (bicyclic) bond motifs is 1. The molecule has 1 aromatic rings. The average Bonchev–Trinajstić information content (AvgIpc) is 3.21. The van der Waals surface area contributed by atoms with Gasteiger partial charge in [0.05, 0.1) is 18.3 Å². The first-order chi connectivity index (χ1) is 11.6. The Balaban J connectivity index is 1.77. The second kappa shape index (κ2) is 6.19. The molecule has 0 unspecified atom stereocenters. The molecule has 0 aromatic heterocycles. The molecule has 3 nitrogen and oxygen atoms in total. The summed E-state index contributed by atoms with van der Waals surface area (Å²) in [5.41, 5.74) is 1.46. The second-order valence-corrected chi connectivity index (χ2v) is 10.0. The van der Waals surface area contributed by atoms with Crippen molar-refractivity contribution in [3.63, 3.8) is 0 Å². The fourth-order valence-electron chi connectivity index (χ4n) is 4.47. The van der Waals surface area contributed by atoms with Crippen LogP contribution in [-0.4, -0.2) is 54.3 Å². The smallest absolute Gasteiger partial charge is 0.161 e. The third kappa shape index (κ3) is 2.47. The number of benzene rings is 1. The lowest BCUT2D eigenvalue weighted by molar-refractivity contribution is 0.247. The monoisotopic (exact) mass is 363 g/mol. The second-order valence-electron chi connectivity index (χ2n) is 6.90. The normalized spacial score (nSPS) is 31.4. The first kappa shape index (κ1) is 16.7. The van der Waals surface area contributed by atoms with E-state index in [9.17, 15) is 0 Å². The van der Waals surface area contributed by atoms with Gasteiger partial charge in [-0.15, -0.1) is 23.5 Å². The van der Waals surface area contributed by atoms with Crippen LogP contribution in [0.3, 0.4) is 0 Å². The van der Waals surface area contributed by atoms with Gasteiger partial charge in [-0.2, -0.15) is 0 Å². The van der Waals surface area contributed by atoms with Crippen LogP contribution >= 0.6 is 23.5 Å². The molecule has 130 valence electrons. The van der Waals surface area contributed by atoms with E-state index in [0.717, 1.165) is 18.0 Å². The molecular weight excluding hydrogens is 338 g/mol. The lowest BCUT2D eigenvalue weighted by Gasteiger charge is -2.44. The zero-order valence-electron chi connectivity index (χ0n) is 14.6. The average molecular weight is 364 g/mol. The van der Waals surface area contributed by atoms with E-state index in [4.69, 9.17) is 9.47 Å². The number of ether oxygens (including phenoxy) is 2. The highest BCUT2D eigenvalue weighted by atomic mass is 32.2. The van der Waals surface area contributed by atoms with Crippen molar-refractivity contribution in [3.8, 4) is 11.5 Å². The topological polar surface area (TPSA) is 21.7 Å². The Labute approximate surface area is 153 Å². The zero-order chi connectivity index (χ0) is 16.8. The van der Waals surface area contributed by atoms with Gasteiger partial charge in [0.25, 0.3) is 0 Å². The van der Waals surface area contributed by atoms with Crippen molar-refractivity contribution in [2.45, 2.75) is 28.4 Å². The third-order valence-corrected chi connectivity index (χ3v) is 9.18. The van der Waals surface area contributed by atoms with Gasteiger partial charge in [0.1, 0.15) is 0 Å². The van der Waals surface area contributed by atoms with E-state index < -0.39 is 0 Å². The summed E-state index contributed by atoms with van der Waals surface area (Å²) in [5, 5.41) is 0. The Morgan fingerprint density at radius 2 is 1.83 bits per heavy atom. The van der Waals surface area contributed by atoms with Crippen LogP contribution in [0, 0.1) is 0 Å². The molecule has 1 aromatic carbocycles. The molecule has 4 rings (SSSR count). The van der Waals surface area contributed by atoms with Crippen molar-refractivity contribution in [2.75, 3.05) is 39.3 Å². The molecule has 0 saturated carbocycles. The van der Waals surface area contributed by atoms with Crippen LogP contribution in [0.4, 0.5) is 0 Å². The summed E-state index contributed by atoms with van der Waals surface area (Å²) in [7, 11) is 5.69. The predicted molar refractivity (Wildman–Crippen MR) is 104 cm³/mol. The van der Waals surface area contributed by atoms with E-state index in [-0.39, 0.29) is 5.41 Å². The van der Waals surface area contributed by atoms with Crippen LogP contribution in [0.25, 0.3) is 0 Å². The summed E-state index contributed by atoms with van der Waals surface area (Å²) in [6, 6.07) is 7.02. The maximum atomic E-state index is 5.56. The summed E-state index contributed by atoms with van der Waals surface area (Å²) in [5.74, 6) is 4.18. The molecule has 0 bridgehead atoms. The van der Waals surface area contributed by atoms with Gasteiger partial charge in [-0.1, -0.05) is 18.2 Å². The molecule has 1 spiro atoms. The number of rotatable bonds is 3. The number of thioether (sulfide) groups is 2. The Bertz CT molecular complexity index is 657. The Morgan fingerprint density at radius 3 is 2.54 bits per heavy atom. The van der Waals surface area contributed by atoms with E-state index >= 15 is 0 Å². The number of likely N-dealkylation sites (tertiary alicyclic amines) is 1. The molecule has 0 N–H and O–H groups in total. The predicted octanol–water partition coefficient (Wildman–Crippen LogP) is 3.78. The molecular formula is C19H25NO2S2. The summed E-state index contributed by atoms with van der Waals surface area (Å²) in [4.78, 5) is 2.56. The van der Waals surface area contributed by atoms with Gasteiger partial charge in [-0.3, -0.25) is 0 Å². The quantitative estimate of drug-likeness (QED) is 0.760. The van der Waals surface area contributed by atoms with Gasteiger partial charge in [0.2, 0.25) is 0 Å². The maximum absolute atomic E-state index is 5.56. The van der Waals surface area contributed by atoms with Gasteiger partial charge >= 0.3 is 0 Å². The molecule has 24 heavy (non-hydrogen) atoms. The van der Waals surface area contributed by atoms with E-state index in [1.807, 2.05) is 0 Å². The molecule has 2 saturated heterocycles. The van der Waals surface area contributed by atoms with Crippen molar-refractivity contribution in [3.05, 3.63) is 35.9 Å². The van der Waals surface area contributed by atoms with Crippen molar-refractivity contribution >= 4 is 23.5 Å². The maximum Gasteiger partial charge on any atom is 0.161 e. The van der Waals surface area contributed by atoms with Crippen molar-refractivity contribution in [2.24, 2.45) is 0 Å². The van der Waals surface area contributed by atoms with Crippen LogP contribution in [0.5, 0.6) is 11.5 Å². The van der Waals surface area contributed by atoms with E-state index in [1.165, 1.54) is 29.9 Å². The van der Waals surface area contributed by atoms with Gasteiger partial charge in [-0.25, -0.2) is 0 Å². The van der Waals surface area contributed by atoms with Gasteiger partial charge < -0.3 is 14.4 Å². The first-order valence-corrected chi connectivity index (χ1v) is 10.5. The van der Waals surface area contributed by atoms with Crippen molar-refractivity contribution in [1.82, 2.24) is 4.90 Å². The number of likely N-dealkylation sites (N-methyl/N-ethyl adjacent to an activating group) is 1. The summed E-state index contributed by atoms with van der Waals surface area (Å²) < 4.78 is 11.3. The largest absolute Gasteiger partial charge is 0.493 e. The Morgan fingerprint density at radius 1 is 1.08 bits per heavy atom. The number of hydrogen-bond acceptors (Lipinski definition) is 5. The third-order valence-electron chi connectivity index (χ3n) is 5.81. The highest BCUT2D eigenvalue weighted by Gasteiger charge is 2.52. The van der Waals surface area contributed by atoms with Gasteiger partial charge in [0, 0.05) is 23.0 Å². The molecule has 2 aliphatic heterocycles. The summed E-state index contributed by atoms with van der Waals surface area (Å²) in [6.07, 6.45) is 7.41. The molecule has 3 aliphatic rings. The van der Waals surface area contributed by atoms with E-state index in [0.29, 0.717) is 10.1 Å². The standard InChI is InChI=1S/C19H25NO2S2/c1-20-9-8-18(14-4-5-15(21-2)16(12-14)22-3)6-7-19(13-17(18)20)23-10-11-24-19/h4-7,12,17H,8-11,13H2,1-3H3/t17-,18-/m1/s1. The first-order valence-electron chi connectivity index (χ1n) is 8.53. The summed E-state index contributed by atoms with van der Waals surface area (Å²) >= 11 is 4.26. The molecule has 2 atom stereocenters. The molecule has 0 amide bonds. The number of hydrogen-bond donors (Lipinski definition) is 0. The summed E-state index contributed by atoms with van der Waals surface area (Å²) in [6.45, 7) is 1.15. The number of methoxy groups -OCH3 is 2. The minimum Gasteiger partial charge on any atom is -0.493 e. The minimum atomic E-state index is 0.100. The van der Waals surface area contributed by atoms with Gasteiger partial charge in [-0.05, 0) is 44.1 Å². The van der Waals surface area contributed by atoms with Crippen LogP contribution in [0.1, 0.15) is 18.4 Å². The van der Waals surface area contributed by atoms with Gasteiger partial charge in [0.15, 0.2) is 11.5 Å². The number of nitrogens with zero attached hydrogens (tertiary/aromatic N) is 1. The van der Waals surface area contributed by atoms with Crippen LogP contribution in [0.2, 0.25) is 0 Å². The molecule has 2 heterocycles. The molecule has 2 fully saturated rings. The fraction of sp³-hybridized carbons (Fsp3) is 0.579. The lowest BCUT2D eigenvalue weighted by atomic mass is 9.69. The van der Waals surface area contributed by atoms with E-state index in [1.54, 1.807) is 14.2 Å².